The largest absolute Gasteiger partial charge is 0.382 e. The Bertz CT molecular complexity index is 248. The van der Waals surface area contributed by atoms with Gasteiger partial charge in [-0.2, -0.15) is 5.10 Å². The summed E-state index contributed by atoms with van der Waals surface area (Å²) in [5.74, 6) is 0. The molecule has 14 heavy (non-hydrogen) atoms. The number of methoxy groups -OCH3 is 1. The third-order valence-corrected chi connectivity index (χ3v) is 1.88. The molecule has 1 rings (SSSR count). The van der Waals surface area contributed by atoms with Gasteiger partial charge in [-0.15, -0.1) is 0 Å². The van der Waals surface area contributed by atoms with Crippen LogP contribution in [0.2, 0.25) is 0 Å². The van der Waals surface area contributed by atoms with Gasteiger partial charge in [0.15, 0.2) is 0 Å². The highest BCUT2D eigenvalue weighted by atomic mass is 16.5. The van der Waals surface area contributed by atoms with Gasteiger partial charge in [-0.1, -0.05) is 0 Å². The maximum atomic E-state index is 5.34. The molecule has 0 aliphatic carbocycles. The van der Waals surface area contributed by atoms with Gasteiger partial charge in [0.25, 0.3) is 0 Å². The van der Waals surface area contributed by atoms with E-state index in [1.165, 1.54) is 0 Å². The normalized spacial score (nSPS) is 10.7. The lowest BCUT2D eigenvalue weighted by atomic mass is 10.4. The fourth-order valence-electron chi connectivity index (χ4n) is 1.16. The Labute approximate surface area is 84.8 Å². The van der Waals surface area contributed by atoms with Crippen LogP contribution in [-0.4, -0.2) is 36.7 Å². The summed E-state index contributed by atoms with van der Waals surface area (Å²) in [6, 6.07) is 2.01. The molecule has 80 valence electrons. The SMILES string of the molecule is COCCOCCCn1ccc(C)n1. The van der Waals surface area contributed by atoms with E-state index in [0.29, 0.717) is 13.2 Å². The summed E-state index contributed by atoms with van der Waals surface area (Å²) < 4.78 is 12.1. The predicted molar refractivity (Wildman–Crippen MR) is 54.3 cm³/mol. The minimum Gasteiger partial charge on any atom is -0.382 e. The highest BCUT2D eigenvalue weighted by Gasteiger charge is 1.93. The van der Waals surface area contributed by atoms with Crippen molar-refractivity contribution in [1.29, 1.82) is 0 Å². The van der Waals surface area contributed by atoms with Gasteiger partial charge in [0.05, 0.1) is 18.9 Å². The van der Waals surface area contributed by atoms with Crippen molar-refractivity contribution < 1.29 is 9.47 Å². The summed E-state index contributed by atoms with van der Waals surface area (Å²) in [5.41, 5.74) is 1.06. The van der Waals surface area contributed by atoms with Gasteiger partial charge in [0, 0.05) is 26.5 Å². The predicted octanol–water partition coefficient (Wildman–Crippen LogP) is 1.24. The van der Waals surface area contributed by atoms with E-state index in [4.69, 9.17) is 9.47 Å². The molecule has 0 bridgehead atoms. The zero-order valence-corrected chi connectivity index (χ0v) is 8.90. The molecule has 1 heterocycles. The number of ether oxygens (including phenoxy) is 2. The van der Waals surface area contributed by atoms with Crippen molar-refractivity contribution in [3.63, 3.8) is 0 Å². The van der Waals surface area contributed by atoms with Crippen LogP contribution in [0.4, 0.5) is 0 Å². The number of rotatable bonds is 7. The fraction of sp³-hybridized carbons (Fsp3) is 0.700. The van der Waals surface area contributed by atoms with Crippen LogP contribution in [0.25, 0.3) is 0 Å². The zero-order valence-electron chi connectivity index (χ0n) is 8.90. The monoisotopic (exact) mass is 198 g/mol. The molecule has 0 unspecified atom stereocenters. The Hall–Kier alpha value is -0.870. The number of hydrogen-bond donors (Lipinski definition) is 0. The number of hydrogen-bond acceptors (Lipinski definition) is 3. The van der Waals surface area contributed by atoms with Crippen LogP contribution in [0.3, 0.4) is 0 Å². The van der Waals surface area contributed by atoms with Crippen molar-refractivity contribution in [2.45, 2.75) is 19.9 Å². The first-order chi connectivity index (χ1) is 6.83. The summed E-state index contributed by atoms with van der Waals surface area (Å²) in [7, 11) is 1.68. The van der Waals surface area contributed by atoms with Gasteiger partial charge in [-0.25, -0.2) is 0 Å². The lowest BCUT2D eigenvalue weighted by Gasteiger charge is -2.03. The lowest BCUT2D eigenvalue weighted by Crippen LogP contribution is -2.06. The second-order valence-corrected chi connectivity index (χ2v) is 3.18. The van der Waals surface area contributed by atoms with Crippen LogP contribution >= 0.6 is 0 Å². The molecule has 0 spiro atoms. The standard InChI is InChI=1S/C10H18N2O2/c1-10-4-6-12(11-10)5-3-7-14-9-8-13-2/h4,6H,3,5,7-9H2,1-2H3. The van der Waals surface area contributed by atoms with Crippen molar-refractivity contribution in [2.24, 2.45) is 0 Å². The van der Waals surface area contributed by atoms with Crippen molar-refractivity contribution in [2.75, 3.05) is 26.9 Å². The van der Waals surface area contributed by atoms with E-state index in [9.17, 15) is 0 Å². The van der Waals surface area contributed by atoms with Gasteiger partial charge in [-0.05, 0) is 19.4 Å². The molecule has 0 amide bonds. The molecular weight excluding hydrogens is 180 g/mol. The van der Waals surface area contributed by atoms with Crippen LogP contribution in [-0.2, 0) is 16.0 Å². The first kappa shape index (κ1) is 11.2. The van der Waals surface area contributed by atoms with Gasteiger partial charge < -0.3 is 9.47 Å². The summed E-state index contributed by atoms with van der Waals surface area (Å²) in [6.45, 7) is 5.02. The number of aromatic nitrogens is 2. The van der Waals surface area contributed by atoms with Crippen LogP contribution in [0.1, 0.15) is 12.1 Å². The Morgan fingerprint density at radius 2 is 2.21 bits per heavy atom. The van der Waals surface area contributed by atoms with E-state index in [1.54, 1.807) is 7.11 Å². The molecule has 0 aliphatic rings. The van der Waals surface area contributed by atoms with Crippen LogP contribution in [0, 0.1) is 6.92 Å². The minimum absolute atomic E-state index is 0.668. The average molecular weight is 198 g/mol. The van der Waals surface area contributed by atoms with Gasteiger partial charge in [0.2, 0.25) is 0 Å². The van der Waals surface area contributed by atoms with Gasteiger partial charge >= 0.3 is 0 Å². The first-order valence-corrected chi connectivity index (χ1v) is 4.89. The summed E-state index contributed by atoms with van der Waals surface area (Å²) in [6.07, 6.45) is 2.98. The molecule has 0 radical (unpaired) electrons. The Balaban J connectivity index is 1.99. The van der Waals surface area contributed by atoms with Crippen molar-refractivity contribution in [3.05, 3.63) is 18.0 Å². The quantitative estimate of drug-likeness (QED) is 0.618. The lowest BCUT2D eigenvalue weighted by molar-refractivity contribution is 0.0677. The molecule has 0 aromatic carbocycles. The van der Waals surface area contributed by atoms with Crippen LogP contribution < -0.4 is 0 Å². The second-order valence-electron chi connectivity index (χ2n) is 3.18. The average Bonchev–Trinajstić information content (AvgIpc) is 2.58. The third kappa shape index (κ3) is 4.39. The first-order valence-electron chi connectivity index (χ1n) is 4.89. The minimum atomic E-state index is 0.668. The molecule has 0 N–H and O–H groups in total. The molecule has 4 nitrogen and oxygen atoms in total. The molecule has 0 aliphatic heterocycles. The van der Waals surface area contributed by atoms with E-state index in [0.717, 1.165) is 25.3 Å². The van der Waals surface area contributed by atoms with Crippen molar-refractivity contribution in [3.8, 4) is 0 Å². The Kier molecular flexibility index (Phi) is 5.25. The molecule has 0 saturated heterocycles. The molecular formula is C10H18N2O2. The highest BCUT2D eigenvalue weighted by molar-refractivity contribution is 4.94. The Morgan fingerprint density at radius 3 is 2.86 bits per heavy atom. The second kappa shape index (κ2) is 6.56. The highest BCUT2D eigenvalue weighted by Crippen LogP contribution is 1.94. The molecule has 1 aromatic rings. The summed E-state index contributed by atoms with van der Waals surface area (Å²) >= 11 is 0. The number of nitrogens with zero attached hydrogens (tertiary/aromatic N) is 2. The summed E-state index contributed by atoms with van der Waals surface area (Å²) in [5, 5.41) is 4.28. The molecule has 4 heteroatoms. The number of aryl methyl sites for hydroxylation is 2. The third-order valence-electron chi connectivity index (χ3n) is 1.88. The maximum Gasteiger partial charge on any atom is 0.0700 e. The van der Waals surface area contributed by atoms with E-state index >= 15 is 0 Å². The fourth-order valence-corrected chi connectivity index (χ4v) is 1.16. The Morgan fingerprint density at radius 1 is 1.36 bits per heavy atom. The van der Waals surface area contributed by atoms with Gasteiger partial charge in [-0.3, -0.25) is 4.68 Å². The summed E-state index contributed by atoms with van der Waals surface area (Å²) in [4.78, 5) is 0. The van der Waals surface area contributed by atoms with E-state index < -0.39 is 0 Å². The smallest absolute Gasteiger partial charge is 0.0700 e. The van der Waals surface area contributed by atoms with Crippen molar-refractivity contribution >= 4 is 0 Å². The van der Waals surface area contributed by atoms with E-state index in [-0.39, 0.29) is 0 Å². The van der Waals surface area contributed by atoms with Crippen molar-refractivity contribution in [1.82, 2.24) is 9.78 Å². The topological polar surface area (TPSA) is 36.3 Å². The molecule has 0 atom stereocenters. The molecule has 0 saturated carbocycles. The van der Waals surface area contributed by atoms with E-state index in [1.807, 2.05) is 23.9 Å². The zero-order chi connectivity index (χ0) is 10.2. The molecule has 1 aromatic heterocycles. The van der Waals surface area contributed by atoms with Crippen LogP contribution in [0.5, 0.6) is 0 Å². The van der Waals surface area contributed by atoms with Crippen LogP contribution in [0.15, 0.2) is 12.3 Å². The van der Waals surface area contributed by atoms with Gasteiger partial charge in [0.1, 0.15) is 0 Å². The maximum absolute atomic E-state index is 5.34. The van der Waals surface area contributed by atoms with E-state index in [2.05, 4.69) is 5.10 Å². The molecule has 0 fully saturated rings.